The van der Waals surface area contributed by atoms with Crippen LogP contribution in [0.1, 0.15) is 21.5 Å². The molecular weight excluding hydrogens is 408 g/mol. The lowest BCUT2D eigenvalue weighted by molar-refractivity contribution is -0.129. The normalized spacial score (nSPS) is 18.2. The van der Waals surface area contributed by atoms with Gasteiger partial charge in [0.1, 0.15) is 6.04 Å². The lowest BCUT2D eigenvalue weighted by Gasteiger charge is -2.40. The highest BCUT2D eigenvalue weighted by molar-refractivity contribution is 6.01. The molecule has 4 aromatic carbocycles. The van der Waals surface area contributed by atoms with Crippen molar-refractivity contribution in [2.24, 2.45) is 0 Å². The Balaban J connectivity index is 1.45. The summed E-state index contributed by atoms with van der Waals surface area (Å²) >= 11 is 0. The van der Waals surface area contributed by atoms with Gasteiger partial charge in [0.2, 0.25) is 5.91 Å². The Hall–Kier alpha value is -3.92. The lowest BCUT2D eigenvalue weighted by atomic mass is 9.96. The van der Waals surface area contributed by atoms with Gasteiger partial charge in [-0.3, -0.25) is 9.59 Å². The Bertz CT molecular complexity index is 1270. The molecule has 4 nitrogen and oxygen atoms in total. The monoisotopic (exact) mass is 434 g/mol. The smallest absolute Gasteiger partial charge is 0.254 e. The maximum Gasteiger partial charge on any atom is 0.254 e. The van der Waals surface area contributed by atoms with E-state index in [1.807, 2.05) is 91.0 Å². The minimum absolute atomic E-state index is 0.0971. The number of amides is 2. The minimum atomic E-state index is -0.543. The van der Waals surface area contributed by atoms with Crippen LogP contribution in [0.25, 0.3) is 10.8 Å². The molecule has 2 atom stereocenters. The number of piperazine rings is 1. The largest absolute Gasteiger partial charge is 0.349 e. The summed E-state index contributed by atoms with van der Waals surface area (Å²) in [5, 5.41) is 5.28. The molecule has 1 saturated heterocycles. The molecule has 0 bridgehead atoms. The van der Waals surface area contributed by atoms with Gasteiger partial charge in [-0.05, 0) is 40.5 Å². The van der Waals surface area contributed by atoms with Gasteiger partial charge in [-0.1, -0.05) is 91.0 Å². The van der Waals surface area contributed by atoms with Gasteiger partial charge in [0.05, 0.1) is 6.04 Å². The number of nitrogens with zero attached hydrogens (tertiary/aromatic N) is 1. The zero-order valence-electron chi connectivity index (χ0n) is 18.4. The number of fused-ring (bicyclic) bond motifs is 1. The summed E-state index contributed by atoms with van der Waals surface area (Å²) < 4.78 is 0. The molecule has 1 N–H and O–H groups in total. The maximum atomic E-state index is 13.7. The number of hydrogen-bond acceptors (Lipinski definition) is 2. The highest BCUT2D eigenvalue weighted by atomic mass is 16.2. The van der Waals surface area contributed by atoms with Crippen LogP contribution >= 0.6 is 0 Å². The fourth-order valence-corrected chi connectivity index (χ4v) is 4.62. The van der Waals surface area contributed by atoms with Gasteiger partial charge in [0, 0.05) is 18.5 Å². The number of carbonyl (C=O) groups excluding carboxylic acids is 2. The molecule has 0 spiro atoms. The summed E-state index contributed by atoms with van der Waals surface area (Å²) in [5.74, 6) is -0.199. The summed E-state index contributed by atoms with van der Waals surface area (Å²) in [6.45, 7) is 0.476. The van der Waals surface area contributed by atoms with Crippen LogP contribution in [0.4, 0.5) is 0 Å². The van der Waals surface area contributed by atoms with Crippen molar-refractivity contribution >= 4 is 22.6 Å². The summed E-state index contributed by atoms with van der Waals surface area (Å²) in [7, 11) is 0. The standard InChI is InChI=1S/C29H26N2O2/c32-28-27(18-22-11-5-2-6-12-22)31(20-26(30-28)17-21-9-3-1-4-10-21)29(33)25-16-15-23-13-7-8-14-24(23)19-25/h1-16,19,26-27H,17-18,20H2,(H,30,32)/t26-,27+/m1/s1. The van der Waals surface area contributed by atoms with Gasteiger partial charge in [-0.2, -0.15) is 0 Å². The third-order valence-corrected chi connectivity index (χ3v) is 6.30. The molecule has 1 fully saturated rings. The van der Waals surface area contributed by atoms with E-state index < -0.39 is 6.04 Å². The maximum absolute atomic E-state index is 13.7. The molecule has 2 amide bonds. The second kappa shape index (κ2) is 9.29. The number of benzene rings is 4. The van der Waals surface area contributed by atoms with Gasteiger partial charge >= 0.3 is 0 Å². The van der Waals surface area contributed by atoms with E-state index in [1.165, 1.54) is 0 Å². The van der Waals surface area contributed by atoms with Gasteiger partial charge in [-0.25, -0.2) is 0 Å². The van der Waals surface area contributed by atoms with Crippen LogP contribution in [-0.2, 0) is 17.6 Å². The average Bonchev–Trinajstić information content (AvgIpc) is 2.86. The predicted octanol–water partition coefficient (Wildman–Crippen LogP) is 4.63. The summed E-state index contributed by atoms with van der Waals surface area (Å²) in [5.41, 5.74) is 2.79. The van der Waals surface area contributed by atoms with Crippen molar-refractivity contribution in [1.82, 2.24) is 10.2 Å². The Kier molecular flexibility index (Phi) is 5.90. The van der Waals surface area contributed by atoms with Gasteiger partial charge in [0.15, 0.2) is 0 Å². The number of rotatable bonds is 5. The molecule has 0 aliphatic carbocycles. The van der Waals surface area contributed by atoms with E-state index in [9.17, 15) is 9.59 Å². The molecule has 1 aliphatic heterocycles. The number of nitrogens with one attached hydrogen (secondary N) is 1. The van der Waals surface area contributed by atoms with Crippen molar-refractivity contribution in [2.45, 2.75) is 24.9 Å². The first kappa shape index (κ1) is 21.0. The summed E-state index contributed by atoms with van der Waals surface area (Å²) in [6, 6.07) is 33.1. The van der Waals surface area contributed by atoms with E-state index in [0.717, 1.165) is 21.9 Å². The van der Waals surface area contributed by atoms with Gasteiger partial charge in [-0.15, -0.1) is 0 Å². The quantitative estimate of drug-likeness (QED) is 0.498. The molecular formula is C29H26N2O2. The predicted molar refractivity (Wildman–Crippen MR) is 131 cm³/mol. The van der Waals surface area contributed by atoms with Crippen LogP contribution in [0, 0.1) is 0 Å². The third-order valence-electron chi connectivity index (χ3n) is 6.30. The van der Waals surface area contributed by atoms with Crippen molar-refractivity contribution in [3.8, 4) is 0 Å². The molecule has 1 heterocycles. The Labute approximate surface area is 193 Å². The Morgan fingerprint density at radius 3 is 2.06 bits per heavy atom. The summed E-state index contributed by atoms with van der Waals surface area (Å²) in [6.07, 6.45) is 1.18. The van der Waals surface area contributed by atoms with Crippen molar-refractivity contribution in [1.29, 1.82) is 0 Å². The summed E-state index contributed by atoms with van der Waals surface area (Å²) in [4.78, 5) is 28.8. The van der Waals surface area contributed by atoms with Crippen LogP contribution < -0.4 is 5.32 Å². The fourth-order valence-electron chi connectivity index (χ4n) is 4.62. The average molecular weight is 435 g/mol. The number of hydrogen-bond donors (Lipinski definition) is 1. The fraction of sp³-hybridized carbons (Fsp3) is 0.172. The van der Waals surface area contributed by atoms with Crippen LogP contribution in [0.2, 0.25) is 0 Å². The molecule has 164 valence electrons. The molecule has 0 unspecified atom stereocenters. The third kappa shape index (κ3) is 4.65. The van der Waals surface area contributed by atoms with E-state index in [1.54, 1.807) is 4.90 Å². The molecule has 4 heteroatoms. The highest BCUT2D eigenvalue weighted by Crippen LogP contribution is 2.22. The van der Waals surface area contributed by atoms with Crippen LogP contribution in [-0.4, -0.2) is 35.3 Å². The minimum Gasteiger partial charge on any atom is -0.349 e. The van der Waals surface area contributed by atoms with Crippen molar-refractivity contribution in [3.05, 3.63) is 120 Å². The molecule has 0 aromatic heterocycles. The van der Waals surface area contributed by atoms with E-state index >= 15 is 0 Å². The van der Waals surface area contributed by atoms with Crippen LogP contribution in [0.3, 0.4) is 0 Å². The second-order valence-electron chi connectivity index (χ2n) is 8.62. The van der Waals surface area contributed by atoms with E-state index in [-0.39, 0.29) is 17.9 Å². The topological polar surface area (TPSA) is 49.4 Å². The van der Waals surface area contributed by atoms with Crippen molar-refractivity contribution in [3.63, 3.8) is 0 Å². The molecule has 33 heavy (non-hydrogen) atoms. The first-order valence-corrected chi connectivity index (χ1v) is 11.4. The van der Waals surface area contributed by atoms with Crippen LogP contribution in [0.15, 0.2) is 103 Å². The lowest BCUT2D eigenvalue weighted by Crippen LogP contribution is -2.62. The van der Waals surface area contributed by atoms with Crippen LogP contribution in [0.5, 0.6) is 0 Å². The van der Waals surface area contributed by atoms with Crippen molar-refractivity contribution < 1.29 is 9.59 Å². The highest BCUT2D eigenvalue weighted by Gasteiger charge is 2.37. The Morgan fingerprint density at radius 2 is 1.36 bits per heavy atom. The SMILES string of the molecule is O=C1N[C@H](Cc2ccccc2)CN(C(=O)c2ccc3ccccc3c2)[C@H]1Cc1ccccc1. The molecule has 4 aromatic rings. The van der Waals surface area contributed by atoms with Crippen molar-refractivity contribution in [2.75, 3.05) is 6.54 Å². The number of carbonyl (C=O) groups is 2. The van der Waals surface area contributed by atoms with E-state index in [4.69, 9.17) is 0 Å². The Morgan fingerprint density at radius 1 is 0.758 bits per heavy atom. The molecule has 0 saturated carbocycles. The zero-order chi connectivity index (χ0) is 22.6. The van der Waals surface area contributed by atoms with Gasteiger partial charge < -0.3 is 10.2 Å². The van der Waals surface area contributed by atoms with E-state index in [0.29, 0.717) is 24.9 Å². The van der Waals surface area contributed by atoms with Gasteiger partial charge in [0.25, 0.3) is 5.91 Å². The first-order valence-electron chi connectivity index (χ1n) is 11.4. The molecule has 1 aliphatic rings. The molecule has 0 radical (unpaired) electrons. The zero-order valence-corrected chi connectivity index (χ0v) is 18.4. The molecule has 5 rings (SSSR count). The second-order valence-corrected chi connectivity index (χ2v) is 8.62. The first-order chi connectivity index (χ1) is 16.2. The van der Waals surface area contributed by atoms with E-state index in [2.05, 4.69) is 17.4 Å².